The Morgan fingerprint density at radius 2 is 1.77 bits per heavy atom. The second-order valence-electron chi connectivity index (χ2n) is 5.11. The molecule has 0 radical (unpaired) electrons. The molecule has 2 N–H and O–H groups in total. The van der Waals surface area contributed by atoms with Gasteiger partial charge in [-0.05, 0) is 48.2 Å². The van der Waals surface area contributed by atoms with Gasteiger partial charge in [-0.3, -0.25) is 0 Å². The van der Waals surface area contributed by atoms with E-state index in [-0.39, 0.29) is 5.75 Å². The molecule has 0 spiro atoms. The zero-order valence-electron chi connectivity index (χ0n) is 12.9. The van der Waals surface area contributed by atoms with Crippen LogP contribution in [0.5, 0.6) is 11.5 Å². The van der Waals surface area contributed by atoms with Crippen LogP contribution in [0.3, 0.4) is 0 Å². The zero-order chi connectivity index (χ0) is 15.9. The highest BCUT2D eigenvalue weighted by molar-refractivity contribution is 6.03. The molecule has 0 unspecified atom stereocenters. The van der Waals surface area contributed by atoms with Crippen LogP contribution >= 0.6 is 0 Å². The summed E-state index contributed by atoms with van der Waals surface area (Å²) in [4.78, 5) is 0. The van der Waals surface area contributed by atoms with E-state index >= 15 is 0 Å². The lowest BCUT2D eigenvalue weighted by Gasteiger charge is -2.10. The van der Waals surface area contributed by atoms with Crippen molar-refractivity contribution >= 4 is 5.71 Å². The monoisotopic (exact) mass is 299 g/mol. The van der Waals surface area contributed by atoms with Crippen molar-refractivity contribution < 1.29 is 15.1 Å². The first-order valence-electron chi connectivity index (χ1n) is 7.38. The summed E-state index contributed by atoms with van der Waals surface area (Å²) < 4.78 is 5.16. The van der Waals surface area contributed by atoms with Gasteiger partial charge in [-0.1, -0.05) is 36.7 Å². The number of phenolic OH excluding ortho intramolecular Hbond substituents is 1. The Morgan fingerprint density at radius 3 is 2.36 bits per heavy atom. The molecule has 0 amide bonds. The average molecular weight is 299 g/mol. The number of unbranched alkanes of at least 4 members (excludes halogenated alkanes) is 1. The Hall–Kier alpha value is -2.49. The third kappa shape index (κ3) is 3.58. The van der Waals surface area contributed by atoms with Crippen molar-refractivity contribution in [1.29, 1.82) is 0 Å². The van der Waals surface area contributed by atoms with Gasteiger partial charge in [0.05, 0.1) is 12.8 Å². The first-order valence-corrected chi connectivity index (χ1v) is 7.38. The highest BCUT2D eigenvalue weighted by atomic mass is 16.5. The lowest BCUT2D eigenvalue weighted by molar-refractivity contribution is 0.317. The largest absolute Gasteiger partial charge is 0.507 e. The van der Waals surface area contributed by atoms with Crippen LogP contribution in [0.1, 0.15) is 31.7 Å². The molecular weight excluding hydrogens is 278 g/mol. The summed E-state index contributed by atoms with van der Waals surface area (Å²) in [5.41, 5.74) is 3.04. The van der Waals surface area contributed by atoms with Gasteiger partial charge >= 0.3 is 0 Å². The van der Waals surface area contributed by atoms with Gasteiger partial charge in [-0.2, -0.15) is 0 Å². The summed E-state index contributed by atoms with van der Waals surface area (Å²) in [5.74, 6) is 0.921. The van der Waals surface area contributed by atoms with Gasteiger partial charge in [0, 0.05) is 5.56 Å². The molecule has 0 aliphatic carbocycles. The maximum atomic E-state index is 10.1. The molecule has 0 fully saturated rings. The maximum Gasteiger partial charge on any atom is 0.124 e. The van der Waals surface area contributed by atoms with E-state index in [4.69, 9.17) is 4.74 Å². The van der Waals surface area contributed by atoms with Crippen LogP contribution in [0.4, 0.5) is 0 Å². The molecule has 0 saturated carbocycles. The van der Waals surface area contributed by atoms with Crippen molar-refractivity contribution in [2.75, 3.05) is 7.11 Å². The number of methoxy groups -OCH3 is 1. The molecule has 0 bridgehead atoms. The minimum Gasteiger partial charge on any atom is -0.507 e. The van der Waals surface area contributed by atoms with E-state index in [0.717, 1.165) is 29.7 Å². The molecule has 116 valence electrons. The summed E-state index contributed by atoms with van der Waals surface area (Å²) >= 11 is 0. The summed E-state index contributed by atoms with van der Waals surface area (Å²) in [5, 5.41) is 22.6. The van der Waals surface area contributed by atoms with E-state index in [9.17, 15) is 10.3 Å². The van der Waals surface area contributed by atoms with Gasteiger partial charge in [0.25, 0.3) is 0 Å². The molecule has 4 heteroatoms. The molecule has 0 aromatic heterocycles. The Labute approximate surface area is 130 Å². The van der Waals surface area contributed by atoms with E-state index in [1.165, 1.54) is 0 Å². The maximum absolute atomic E-state index is 10.1. The minimum atomic E-state index is 0.126. The van der Waals surface area contributed by atoms with Gasteiger partial charge in [0.1, 0.15) is 11.5 Å². The van der Waals surface area contributed by atoms with Crippen LogP contribution in [0, 0.1) is 0 Å². The molecule has 22 heavy (non-hydrogen) atoms. The number of oxime groups is 1. The fraction of sp³-hybridized carbons (Fsp3) is 0.278. The fourth-order valence-corrected chi connectivity index (χ4v) is 2.31. The summed E-state index contributed by atoms with van der Waals surface area (Å²) in [6.07, 6.45) is 2.54. The van der Waals surface area contributed by atoms with E-state index in [1.54, 1.807) is 13.2 Å². The molecule has 2 aromatic carbocycles. The molecule has 0 aliphatic rings. The Kier molecular flexibility index (Phi) is 5.42. The van der Waals surface area contributed by atoms with Crippen molar-refractivity contribution in [2.24, 2.45) is 5.16 Å². The van der Waals surface area contributed by atoms with Crippen LogP contribution < -0.4 is 4.74 Å². The van der Waals surface area contributed by atoms with Gasteiger partial charge < -0.3 is 15.1 Å². The average Bonchev–Trinajstić information content (AvgIpc) is 2.57. The Morgan fingerprint density at radius 1 is 1.09 bits per heavy atom. The minimum absolute atomic E-state index is 0.126. The lowest BCUT2D eigenvalue weighted by atomic mass is 9.98. The van der Waals surface area contributed by atoms with Crippen LogP contribution in [0.2, 0.25) is 0 Å². The van der Waals surface area contributed by atoms with Gasteiger partial charge in [-0.25, -0.2) is 0 Å². The van der Waals surface area contributed by atoms with Gasteiger partial charge in [0.2, 0.25) is 0 Å². The van der Waals surface area contributed by atoms with Crippen molar-refractivity contribution in [3.63, 3.8) is 0 Å². The summed E-state index contributed by atoms with van der Waals surface area (Å²) in [6.45, 7) is 2.07. The predicted molar refractivity (Wildman–Crippen MR) is 87.9 cm³/mol. The molecule has 0 aliphatic heterocycles. The number of benzene rings is 2. The van der Waals surface area contributed by atoms with Crippen LogP contribution in [0.15, 0.2) is 47.6 Å². The number of phenols is 1. The van der Waals surface area contributed by atoms with Crippen molar-refractivity contribution in [2.45, 2.75) is 26.2 Å². The van der Waals surface area contributed by atoms with Crippen molar-refractivity contribution in [3.05, 3.63) is 48.0 Å². The highest BCUT2D eigenvalue weighted by Gasteiger charge is 2.11. The van der Waals surface area contributed by atoms with Gasteiger partial charge in [0.15, 0.2) is 0 Å². The second-order valence-corrected chi connectivity index (χ2v) is 5.11. The SMILES string of the molecule is CCCC/C(=N\O)c1cc(-c2ccc(OC)cc2)ccc1O. The number of hydrogen-bond acceptors (Lipinski definition) is 4. The van der Waals surface area contributed by atoms with E-state index in [1.807, 2.05) is 36.4 Å². The number of rotatable bonds is 6. The van der Waals surface area contributed by atoms with Crippen LogP contribution in [-0.4, -0.2) is 23.1 Å². The molecular formula is C18H21NO3. The number of nitrogens with zero attached hydrogens (tertiary/aromatic N) is 1. The molecule has 0 heterocycles. The quantitative estimate of drug-likeness (QED) is 0.471. The predicted octanol–water partition coefficient (Wildman–Crippen LogP) is 4.44. The normalized spacial score (nSPS) is 11.5. The number of ether oxygens (including phenoxy) is 1. The van der Waals surface area contributed by atoms with E-state index < -0.39 is 0 Å². The highest BCUT2D eigenvalue weighted by Crippen LogP contribution is 2.28. The molecule has 4 nitrogen and oxygen atoms in total. The standard InChI is InChI=1S/C18H21NO3/c1-3-4-5-17(19-21)16-12-14(8-11-18(16)20)13-6-9-15(22-2)10-7-13/h6-12,20-21H,3-5H2,1-2H3/b19-17+. The molecule has 0 saturated heterocycles. The third-order valence-corrected chi connectivity index (χ3v) is 3.62. The van der Waals surface area contributed by atoms with E-state index in [2.05, 4.69) is 12.1 Å². The first-order chi connectivity index (χ1) is 10.7. The first kappa shape index (κ1) is 15.9. The van der Waals surface area contributed by atoms with Crippen LogP contribution in [-0.2, 0) is 0 Å². The van der Waals surface area contributed by atoms with Crippen LogP contribution in [0.25, 0.3) is 11.1 Å². The summed E-state index contributed by atoms with van der Waals surface area (Å²) in [6, 6.07) is 13.0. The van der Waals surface area contributed by atoms with E-state index in [0.29, 0.717) is 17.7 Å². The van der Waals surface area contributed by atoms with Crippen molar-refractivity contribution in [3.8, 4) is 22.6 Å². The molecule has 2 aromatic rings. The zero-order valence-corrected chi connectivity index (χ0v) is 12.9. The second kappa shape index (κ2) is 7.50. The molecule has 2 rings (SSSR count). The topological polar surface area (TPSA) is 62.1 Å². The summed E-state index contributed by atoms with van der Waals surface area (Å²) in [7, 11) is 1.63. The van der Waals surface area contributed by atoms with Crippen molar-refractivity contribution in [1.82, 2.24) is 0 Å². The number of aromatic hydroxyl groups is 1. The molecule has 0 atom stereocenters. The lowest BCUT2D eigenvalue weighted by Crippen LogP contribution is -2.02. The Bertz CT molecular complexity index is 648. The third-order valence-electron chi connectivity index (χ3n) is 3.62. The number of hydrogen-bond donors (Lipinski definition) is 2. The smallest absolute Gasteiger partial charge is 0.124 e. The fourth-order valence-electron chi connectivity index (χ4n) is 2.31. The Balaban J connectivity index is 2.36. The van der Waals surface area contributed by atoms with Gasteiger partial charge in [-0.15, -0.1) is 0 Å².